The molecule has 7 heteroatoms. The van der Waals surface area contributed by atoms with Gasteiger partial charge in [0, 0.05) is 5.56 Å². The SMILES string of the molecule is C=CCOc1ccc(C(=O)c2c(C)c(C#N)c(=O)n(Cc3ccco3)c2O)cc1. The molecule has 146 valence electrons. The predicted octanol–water partition coefficient (Wildman–Crippen LogP) is 3.17. The fourth-order valence-corrected chi connectivity index (χ4v) is 2.93. The summed E-state index contributed by atoms with van der Waals surface area (Å²) < 4.78 is 11.6. The third kappa shape index (κ3) is 3.82. The first-order chi connectivity index (χ1) is 14.0. The Morgan fingerprint density at radius 2 is 2.07 bits per heavy atom. The standard InChI is InChI=1S/C22H18N2O5/c1-3-10-28-16-8-6-15(7-9-16)20(25)19-14(2)18(12-23)21(26)24(22(19)27)13-17-5-4-11-29-17/h3-9,11,27H,1,10,13H2,2H3. The summed E-state index contributed by atoms with van der Waals surface area (Å²) in [5, 5.41) is 20.2. The average molecular weight is 390 g/mol. The van der Waals surface area contributed by atoms with Crippen LogP contribution in [0.25, 0.3) is 0 Å². The molecule has 0 saturated heterocycles. The van der Waals surface area contributed by atoms with E-state index in [9.17, 15) is 20.0 Å². The van der Waals surface area contributed by atoms with Gasteiger partial charge in [-0.2, -0.15) is 5.26 Å². The second-order valence-electron chi connectivity index (χ2n) is 6.23. The zero-order chi connectivity index (χ0) is 21.0. The highest BCUT2D eigenvalue weighted by Gasteiger charge is 2.25. The zero-order valence-electron chi connectivity index (χ0n) is 15.7. The largest absolute Gasteiger partial charge is 0.494 e. The molecule has 0 aliphatic rings. The van der Waals surface area contributed by atoms with Crippen LogP contribution in [0.15, 0.2) is 64.5 Å². The second-order valence-corrected chi connectivity index (χ2v) is 6.23. The molecule has 0 unspecified atom stereocenters. The van der Waals surface area contributed by atoms with Crippen LogP contribution in [0.3, 0.4) is 0 Å². The number of ether oxygens (including phenoxy) is 1. The fraction of sp³-hybridized carbons (Fsp3) is 0.136. The molecular weight excluding hydrogens is 372 g/mol. The lowest BCUT2D eigenvalue weighted by molar-refractivity contribution is 0.103. The average Bonchev–Trinajstić information content (AvgIpc) is 3.23. The van der Waals surface area contributed by atoms with Gasteiger partial charge in [0.25, 0.3) is 5.56 Å². The lowest BCUT2D eigenvalue weighted by Crippen LogP contribution is -2.27. The van der Waals surface area contributed by atoms with E-state index in [1.54, 1.807) is 42.5 Å². The minimum atomic E-state index is -0.691. The molecule has 1 aromatic carbocycles. The van der Waals surface area contributed by atoms with Crippen LogP contribution >= 0.6 is 0 Å². The van der Waals surface area contributed by atoms with Crippen molar-refractivity contribution in [3.63, 3.8) is 0 Å². The molecule has 3 aromatic rings. The van der Waals surface area contributed by atoms with E-state index < -0.39 is 17.2 Å². The molecule has 2 aromatic heterocycles. The number of aromatic nitrogens is 1. The van der Waals surface area contributed by atoms with Gasteiger partial charge in [-0.1, -0.05) is 12.7 Å². The number of pyridine rings is 1. The highest BCUT2D eigenvalue weighted by molar-refractivity contribution is 6.11. The van der Waals surface area contributed by atoms with Crippen LogP contribution in [0, 0.1) is 18.3 Å². The maximum atomic E-state index is 13.1. The van der Waals surface area contributed by atoms with E-state index in [1.165, 1.54) is 13.2 Å². The Labute approximate surface area is 166 Å². The number of hydrogen-bond acceptors (Lipinski definition) is 6. The van der Waals surface area contributed by atoms with Gasteiger partial charge >= 0.3 is 0 Å². The number of furan rings is 1. The summed E-state index contributed by atoms with van der Waals surface area (Å²) in [7, 11) is 0. The molecule has 0 amide bonds. The number of aromatic hydroxyl groups is 1. The van der Waals surface area contributed by atoms with Crippen molar-refractivity contribution in [3.05, 3.63) is 93.7 Å². The lowest BCUT2D eigenvalue weighted by atomic mass is 9.97. The molecule has 0 radical (unpaired) electrons. The number of ketones is 1. The van der Waals surface area contributed by atoms with Crippen LogP contribution in [0.4, 0.5) is 0 Å². The molecule has 3 rings (SSSR count). The first-order valence-electron chi connectivity index (χ1n) is 8.75. The van der Waals surface area contributed by atoms with Gasteiger partial charge in [0.05, 0.1) is 18.4 Å². The molecule has 0 bridgehead atoms. The summed E-state index contributed by atoms with van der Waals surface area (Å²) in [6, 6.07) is 11.4. The summed E-state index contributed by atoms with van der Waals surface area (Å²) in [6.45, 7) is 5.25. The molecule has 0 fully saturated rings. The van der Waals surface area contributed by atoms with Crippen molar-refractivity contribution >= 4 is 5.78 Å². The molecule has 7 nitrogen and oxygen atoms in total. The van der Waals surface area contributed by atoms with Gasteiger partial charge in [-0.25, -0.2) is 0 Å². The van der Waals surface area contributed by atoms with Crippen molar-refractivity contribution in [2.75, 3.05) is 6.61 Å². The third-order valence-corrected chi connectivity index (χ3v) is 4.41. The van der Waals surface area contributed by atoms with Crippen LogP contribution in [-0.4, -0.2) is 22.1 Å². The number of benzene rings is 1. The van der Waals surface area contributed by atoms with Gasteiger partial charge in [-0.3, -0.25) is 14.2 Å². The van der Waals surface area contributed by atoms with E-state index in [4.69, 9.17) is 9.15 Å². The van der Waals surface area contributed by atoms with Crippen molar-refractivity contribution in [1.29, 1.82) is 5.26 Å². The van der Waals surface area contributed by atoms with Crippen molar-refractivity contribution in [2.24, 2.45) is 0 Å². The van der Waals surface area contributed by atoms with Gasteiger partial charge in [-0.05, 0) is 48.9 Å². The highest BCUT2D eigenvalue weighted by atomic mass is 16.5. The Hall–Kier alpha value is -4.05. The van der Waals surface area contributed by atoms with Gasteiger partial charge < -0.3 is 14.3 Å². The molecule has 0 saturated carbocycles. The molecule has 29 heavy (non-hydrogen) atoms. The van der Waals surface area contributed by atoms with E-state index in [1.807, 2.05) is 6.07 Å². The Morgan fingerprint density at radius 1 is 1.34 bits per heavy atom. The molecule has 1 N–H and O–H groups in total. The number of rotatable bonds is 7. The molecule has 2 heterocycles. The van der Waals surface area contributed by atoms with Crippen molar-refractivity contribution in [2.45, 2.75) is 13.5 Å². The van der Waals surface area contributed by atoms with Crippen LogP contribution in [0.1, 0.15) is 32.8 Å². The number of nitrogens with zero attached hydrogens (tertiary/aromatic N) is 2. The minimum absolute atomic E-state index is 0.104. The molecule has 0 aliphatic heterocycles. The smallest absolute Gasteiger partial charge is 0.271 e. The Morgan fingerprint density at radius 3 is 2.66 bits per heavy atom. The third-order valence-electron chi connectivity index (χ3n) is 4.41. The molecule has 0 spiro atoms. The lowest BCUT2D eigenvalue weighted by Gasteiger charge is -2.15. The van der Waals surface area contributed by atoms with E-state index in [2.05, 4.69) is 6.58 Å². The van der Waals surface area contributed by atoms with Gasteiger partial charge in [0.1, 0.15) is 29.7 Å². The van der Waals surface area contributed by atoms with Crippen molar-refractivity contribution in [3.8, 4) is 17.7 Å². The first kappa shape index (κ1) is 19.7. The summed E-state index contributed by atoms with van der Waals surface area (Å²) in [6.07, 6.45) is 3.03. The molecular formula is C22H18N2O5. The van der Waals surface area contributed by atoms with E-state index in [-0.39, 0.29) is 28.8 Å². The number of carbonyl (C=O) groups excluding carboxylic acids is 1. The summed E-state index contributed by atoms with van der Waals surface area (Å²) in [5.41, 5.74) is -0.594. The van der Waals surface area contributed by atoms with Crippen LogP contribution < -0.4 is 10.3 Å². The molecule has 0 atom stereocenters. The zero-order valence-corrected chi connectivity index (χ0v) is 15.7. The van der Waals surface area contributed by atoms with Gasteiger partial charge in [0.15, 0.2) is 5.78 Å². The summed E-state index contributed by atoms with van der Waals surface area (Å²) >= 11 is 0. The first-order valence-corrected chi connectivity index (χ1v) is 8.75. The van der Waals surface area contributed by atoms with Crippen LogP contribution in [-0.2, 0) is 6.54 Å². The van der Waals surface area contributed by atoms with E-state index >= 15 is 0 Å². The van der Waals surface area contributed by atoms with Crippen LogP contribution in [0.5, 0.6) is 11.6 Å². The Kier molecular flexibility index (Phi) is 5.65. The number of hydrogen-bond donors (Lipinski definition) is 1. The quantitative estimate of drug-likeness (QED) is 0.491. The monoisotopic (exact) mass is 390 g/mol. The minimum Gasteiger partial charge on any atom is -0.494 e. The van der Waals surface area contributed by atoms with Gasteiger partial charge in [-0.15, -0.1) is 0 Å². The van der Waals surface area contributed by atoms with Crippen molar-refractivity contribution in [1.82, 2.24) is 4.57 Å². The predicted molar refractivity (Wildman–Crippen MR) is 105 cm³/mol. The van der Waals surface area contributed by atoms with E-state index in [0.29, 0.717) is 18.1 Å². The molecule has 0 aliphatic carbocycles. The van der Waals surface area contributed by atoms with E-state index in [0.717, 1.165) is 4.57 Å². The Bertz CT molecular complexity index is 1150. The number of nitriles is 1. The topological polar surface area (TPSA) is 105 Å². The van der Waals surface area contributed by atoms with Crippen LogP contribution in [0.2, 0.25) is 0 Å². The maximum absolute atomic E-state index is 13.1. The summed E-state index contributed by atoms with van der Waals surface area (Å²) in [4.78, 5) is 25.7. The fourth-order valence-electron chi connectivity index (χ4n) is 2.93. The summed E-state index contributed by atoms with van der Waals surface area (Å²) in [5.74, 6) is -0.0694. The Balaban J connectivity index is 2.08. The number of carbonyl (C=O) groups is 1. The van der Waals surface area contributed by atoms with Crippen molar-refractivity contribution < 1.29 is 19.1 Å². The maximum Gasteiger partial charge on any atom is 0.271 e. The normalized spacial score (nSPS) is 10.3. The second kappa shape index (κ2) is 8.31. The van der Waals surface area contributed by atoms with Gasteiger partial charge in [0.2, 0.25) is 5.88 Å². The highest BCUT2D eigenvalue weighted by Crippen LogP contribution is 2.26.